The van der Waals surface area contributed by atoms with Crippen LogP contribution in [0, 0.1) is 10.1 Å². The fourth-order valence-corrected chi connectivity index (χ4v) is 1.38. The van der Waals surface area contributed by atoms with E-state index in [1.807, 2.05) is 12.2 Å². The molecule has 0 saturated carbocycles. The quantitative estimate of drug-likeness (QED) is 0.374. The zero-order valence-electron chi connectivity index (χ0n) is 11.7. The molecular weight excluding hydrogens is 258 g/mol. The molecule has 0 aromatic rings. The molecule has 0 heterocycles. The third-order valence-corrected chi connectivity index (χ3v) is 2.34. The van der Waals surface area contributed by atoms with Crippen molar-refractivity contribution < 1.29 is 14.8 Å². The van der Waals surface area contributed by atoms with Crippen LogP contribution in [-0.2, 0) is 4.79 Å². The molecule has 0 amide bonds. The Bertz CT molecular complexity index is 420. The second kappa shape index (κ2) is 11.9. The fourth-order valence-electron chi connectivity index (χ4n) is 1.38. The van der Waals surface area contributed by atoms with E-state index in [2.05, 4.69) is 25.2 Å². The lowest BCUT2D eigenvalue weighted by molar-refractivity contribution is -0.427. The molecule has 0 rings (SSSR count). The Morgan fingerprint density at radius 1 is 1.05 bits per heavy atom. The molecule has 0 aliphatic rings. The minimum absolute atomic E-state index is 0.276. The monoisotopic (exact) mass is 279 g/mol. The lowest BCUT2D eigenvalue weighted by Gasteiger charge is -1.93. The van der Waals surface area contributed by atoms with E-state index in [4.69, 9.17) is 5.11 Å². The van der Waals surface area contributed by atoms with Crippen molar-refractivity contribution in [1.29, 1.82) is 0 Å². The maximum absolute atomic E-state index is 10.6. The Balaban J connectivity index is 4.01. The summed E-state index contributed by atoms with van der Waals surface area (Å²) in [5.41, 5.74) is -0.276. The number of carboxylic acid groups (broad SMARTS) is 1. The summed E-state index contributed by atoms with van der Waals surface area (Å²) in [6.07, 6.45) is 15.8. The molecule has 0 aromatic carbocycles. The molecule has 20 heavy (non-hydrogen) atoms. The van der Waals surface area contributed by atoms with Crippen molar-refractivity contribution in [3.8, 4) is 0 Å². The predicted octanol–water partition coefficient (Wildman–Crippen LogP) is 3.87. The number of aliphatic carboxylic acids is 1. The highest BCUT2D eigenvalue weighted by molar-refractivity contribution is 5.69. The van der Waals surface area contributed by atoms with Crippen LogP contribution >= 0.6 is 0 Å². The molecule has 5 heteroatoms. The van der Waals surface area contributed by atoms with Gasteiger partial charge in [0.25, 0.3) is 5.70 Å². The first kappa shape index (κ1) is 17.8. The standard InChI is InChI=1S/C15H21NO4/c1-2-3-4-5-6-7-8-9-10-11-12-14(16(19)20)13-15(17)18/h3-4,6-7,9-10,12H,2,5,8,11,13H2,1H3,(H,17,18)/b4-3-,7-6-,10-9-,14-12?. The molecule has 0 spiro atoms. The number of carboxylic acids is 1. The van der Waals surface area contributed by atoms with Gasteiger partial charge in [0.2, 0.25) is 0 Å². The van der Waals surface area contributed by atoms with Gasteiger partial charge in [-0.2, -0.15) is 0 Å². The van der Waals surface area contributed by atoms with Gasteiger partial charge >= 0.3 is 5.97 Å². The molecule has 0 saturated heterocycles. The first-order valence-electron chi connectivity index (χ1n) is 6.58. The highest BCUT2D eigenvalue weighted by Gasteiger charge is 2.13. The molecule has 110 valence electrons. The van der Waals surface area contributed by atoms with Crippen molar-refractivity contribution in [3.05, 3.63) is 58.3 Å². The van der Waals surface area contributed by atoms with E-state index >= 15 is 0 Å². The Morgan fingerprint density at radius 2 is 1.55 bits per heavy atom. The van der Waals surface area contributed by atoms with Crippen molar-refractivity contribution in [2.75, 3.05) is 0 Å². The number of allylic oxidation sites excluding steroid dienone is 7. The lowest BCUT2D eigenvalue weighted by atomic mass is 10.2. The Morgan fingerprint density at radius 3 is 2.00 bits per heavy atom. The van der Waals surface area contributed by atoms with Gasteiger partial charge in [0.1, 0.15) is 6.42 Å². The van der Waals surface area contributed by atoms with E-state index in [0.717, 1.165) is 19.3 Å². The molecular formula is C15H21NO4. The van der Waals surface area contributed by atoms with Crippen molar-refractivity contribution in [3.63, 3.8) is 0 Å². The summed E-state index contributed by atoms with van der Waals surface area (Å²) >= 11 is 0. The molecule has 0 aliphatic heterocycles. The van der Waals surface area contributed by atoms with Crippen molar-refractivity contribution in [1.82, 2.24) is 0 Å². The molecule has 0 atom stereocenters. The Labute approximate surface area is 119 Å². The molecule has 0 unspecified atom stereocenters. The van der Waals surface area contributed by atoms with E-state index in [1.54, 1.807) is 6.08 Å². The van der Waals surface area contributed by atoms with E-state index in [0.29, 0.717) is 6.42 Å². The minimum Gasteiger partial charge on any atom is -0.481 e. The van der Waals surface area contributed by atoms with E-state index in [-0.39, 0.29) is 5.70 Å². The van der Waals surface area contributed by atoms with Gasteiger partial charge < -0.3 is 5.11 Å². The van der Waals surface area contributed by atoms with Crippen molar-refractivity contribution >= 4 is 5.97 Å². The number of hydrogen-bond donors (Lipinski definition) is 1. The number of nitrogens with zero attached hydrogens (tertiary/aromatic N) is 1. The summed E-state index contributed by atoms with van der Waals surface area (Å²) in [4.78, 5) is 20.3. The van der Waals surface area contributed by atoms with Crippen LogP contribution in [0.15, 0.2) is 48.2 Å². The second-order valence-corrected chi connectivity index (χ2v) is 4.05. The fraction of sp³-hybridized carbons (Fsp3) is 0.400. The van der Waals surface area contributed by atoms with Gasteiger partial charge in [-0.15, -0.1) is 0 Å². The summed E-state index contributed by atoms with van der Waals surface area (Å²) < 4.78 is 0. The molecule has 0 aromatic heterocycles. The smallest absolute Gasteiger partial charge is 0.314 e. The van der Waals surface area contributed by atoms with E-state index < -0.39 is 17.3 Å². The maximum atomic E-state index is 10.6. The third kappa shape index (κ3) is 11.0. The summed E-state index contributed by atoms with van der Waals surface area (Å²) in [5.74, 6) is -1.19. The molecule has 0 radical (unpaired) electrons. The van der Waals surface area contributed by atoms with Crippen LogP contribution in [0.3, 0.4) is 0 Å². The average molecular weight is 279 g/mol. The average Bonchev–Trinajstić information content (AvgIpc) is 2.39. The maximum Gasteiger partial charge on any atom is 0.314 e. The largest absolute Gasteiger partial charge is 0.481 e. The van der Waals surface area contributed by atoms with Crippen molar-refractivity contribution in [2.24, 2.45) is 0 Å². The summed E-state index contributed by atoms with van der Waals surface area (Å²) in [7, 11) is 0. The zero-order chi connectivity index (χ0) is 15.2. The number of rotatable bonds is 10. The topological polar surface area (TPSA) is 80.4 Å². The zero-order valence-corrected chi connectivity index (χ0v) is 11.7. The molecule has 0 fully saturated rings. The number of carbonyl (C=O) groups is 1. The normalized spacial score (nSPS) is 12.8. The predicted molar refractivity (Wildman–Crippen MR) is 78.9 cm³/mol. The summed E-state index contributed by atoms with van der Waals surface area (Å²) in [6.45, 7) is 2.08. The van der Waals surface area contributed by atoms with Gasteiger partial charge in [-0.3, -0.25) is 14.9 Å². The third-order valence-electron chi connectivity index (χ3n) is 2.34. The minimum atomic E-state index is -1.19. The number of nitro groups is 1. The van der Waals surface area contributed by atoms with E-state index in [1.165, 1.54) is 6.08 Å². The van der Waals surface area contributed by atoms with Gasteiger partial charge in [-0.1, -0.05) is 43.4 Å². The van der Waals surface area contributed by atoms with Gasteiger partial charge in [0, 0.05) is 0 Å². The van der Waals surface area contributed by atoms with Gasteiger partial charge in [-0.05, 0) is 31.8 Å². The van der Waals surface area contributed by atoms with E-state index in [9.17, 15) is 14.9 Å². The van der Waals surface area contributed by atoms with Crippen LogP contribution in [0.2, 0.25) is 0 Å². The summed E-state index contributed by atoms with van der Waals surface area (Å²) in [5, 5.41) is 19.1. The molecule has 1 N–H and O–H groups in total. The molecule has 5 nitrogen and oxygen atoms in total. The van der Waals surface area contributed by atoms with Crippen LogP contribution in [0.1, 0.15) is 39.0 Å². The highest BCUT2D eigenvalue weighted by atomic mass is 16.6. The van der Waals surface area contributed by atoms with Crippen molar-refractivity contribution in [2.45, 2.75) is 39.0 Å². The first-order chi connectivity index (χ1) is 9.57. The van der Waals surface area contributed by atoms with Crippen LogP contribution in [-0.4, -0.2) is 16.0 Å². The van der Waals surface area contributed by atoms with Crippen LogP contribution < -0.4 is 0 Å². The lowest BCUT2D eigenvalue weighted by Crippen LogP contribution is -2.05. The summed E-state index contributed by atoms with van der Waals surface area (Å²) in [6, 6.07) is 0. The number of hydrogen-bond acceptors (Lipinski definition) is 3. The van der Waals surface area contributed by atoms with Crippen LogP contribution in [0.4, 0.5) is 0 Å². The van der Waals surface area contributed by atoms with Crippen LogP contribution in [0.25, 0.3) is 0 Å². The van der Waals surface area contributed by atoms with Gasteiger partial charge in [-0.25, -0.2) is 0 Å². The second-order valence-electron chi connectivity index (χ2n) is 4.05. The van der Waals surface area contributed by atoms with Gasteiger partial charge in [0.15, 0.2) is 0 Å². The molecule has 0 aliphatic carbocycles. The SMILES string of the molecule is CC/C=C\C/C=C\C/C=C\CC=C(CC(=O)O)[N+](=O)[O-]. The Kier molecular flexibility index (Phi) is 10.6. The van der Waals surface area contributed by atoms with Gasteiger partial charge in [0.05, 0.1) is 4.92 Å². The first-order valence-corrected chi connectivity index (χ1v) is 6.58. The molecule has 0 bridgehead atoms. The Hall–Kier alpha value is -2.17. The van der Waals surface area contributed by atoms with Crippen LogP contribution in [0.5, 0.6) is 0 Å². The highest BCUT2D eigenvalue weighted by Crippen LogP contribution is 2.04.